The maximum absolute atomic E-state index is 3.60. The molecule has 0 heterocycles. The van der Waals surface area contributed by atoms with E-state index in [1.807, 2.05) is 6.92 Å². The van der Waals surface area contributed by atoms with Crippen molar-refractivity contribution < 1.29 is 0 Å². The molecule has 0 amide bonds. The van der Waals surface area contributed by atoms with Crippen LogP contribution in [0.4, 0.5) is 0 Å². The van der Waals surface area contributed by atoms with E-state index in [2.05, 4.69) is 31.0 Å². The second-order valence-electron chi connectivity index (χ2n) is 4.60. The molecule has 0 radical (unpaired) electrons. The number of rotatable bonds is 4. The first kappa shape index (κ1) is 11.6. The van der Waals surface area contributed by atoms with Crippen LogP contribution in [0, 0.1) is 17.3 Å². The molecule has 14 heavy (non-hydrogen) atoms. The summed E-state index contributed by atoms with van der Waals surface area (Å²) in [5, 5.41) is 3.60. The monoisotopic (exact) mass is 193 g/mol. The lowest BCUT2D eigenvalue weighted by Crippen LogP contribution is -2.41. The normalized spacial score (nSPS) is 21.4. The van der Waals surface area contributed by atoms with Crippen molar-refractivity contribution in [3.05, 3.63) is 0 Å². The summed E-state index contributed by atoms with van der Waals surface area (Å²) in [6.45, 7) is 7.60. The molecule has 1 aliphatic rings. The highest BCUT2D eigenvalue weighted by molar-refractivity contribution is 5.03. The Morgan fingerprint density at radius 3 is 2.50 bits per heavy atom. The first-order valence-electron chi connectivity index (χ1n) is 5.86. The smallest absolute Gasteiger partial charge is 0.0248 e. The molecule has 0 aromatic heterocycles. The van der Waals surface area contributed by atoms with E-state index in [0.717, 1.165) is 13.0 Å². The van der Waals surface area contributed by atoms with Gasteiger partial charge in [0.2, 0.25) is 0 Å². The minimum Gasteiger partial charge on any atom is -0.313 e. The zero-order valence-electron chi connectivity index (χ0n) is 9.82. The van der Waals surface area contributed by atoms with Gasteiger partial charge in [-0.05, 0) is 31.7 Å². The molecule has 0 aliphatic heterocycles. The Morgan fingerprint density at radius 2 is 2.00 bits per heavy atom. The molecular weight excluding hydrogens is 170 g/mol. The molecule has 0 saturated heterocycles. The molecule has 0 aromatic carbocycles. The van der Waals surface area contributed by atoms with Gasteiger partial charge in [0.05, 0.1) is 0 Å². The van der Waals surface area contributed by atoms with E-state index in [4.69, 9.17) is 0 Å². The van der Waals surface area contributed by atoms with Crippen LogP contribution in [0.15, 0.2) is 0 Å². The molecule has 1 heteroatoms. The van der Waals surface area contributed by atoms with E-state index in [1.165, 1.54) is 25.7 Å². The van der Waals surface area contributed by atoms with Gasteiger partial charge in [0.15, 0.2) is 0 Å². The maximum Gasteiger partial charge on any atom is 0.0248 e. The van der Waals surface area contributed by atoms with E-state index in [9.17, 15) is 0 Å². The maximum atomic E-state index is 3.60. The summed E-state index contributed by atoms with van der Waals surface area (Å²) < 4.78 is 0. The van der Waals surface area contributed by atoms with Gasteiger partial charge in [0.25, 0.3) is 0 Å². The summed E-state index contributed by atoms with van der Waals surface area (Å²) in [6, 6.07) is 0.599. The minimum atomic E-state index is 0.500. The molecule has 1 aliphatic carbocycles. The standard InChI is InChI=1S/C13H23N/c1-4-6-9-12(14-5-2)13(3)10-7-8-11-13/h12,14H,5,7-11H2,1-3H3. The Morgan fingerprint density at radius 1 is 1.36 bits per heavy atom. The van der Waals surface area contributed by atoms with Gasteiger partial charge in [0, 0.05) is 12.5 Å². The second-order valence-corrected chi connectivity index (χ2v) is 4.60. The molecule has 1 rings (SSSR count). The molecule has 0 spiro atoms. The third kappa shape index (κ3) is 2.75. The summed E-state index contributed by atoms with van der Waals surface area (Å²) in [4.78, 5) is 0. The van der Waals surface area contributed by atoms with Crippen LogP contribution in [0.3, 0.4) is 0 Å². The lowest BCUT2D eigenvalue weighted by Gasteiger charge is -2.33. The van der Waals surface area contributed by atoms with Crippen LogP contribution < -0.4 is 5.32 Å². The zero-order valence-corrected chi connectivity index (χ0v) is 9.82. The lowest BCUT2D eigenvalue weighted by molar-refractivity contribution is 0.226. The highest BCUT2D eigenvalue weighted by Crippen LogP contribution is 2.41. The highest BCUT2D eigenvalue weighted by atomic mass is 14.9. The Hall–Kier alpha value is -0.480. The van der Waals surface area contributed by atoms with E-state index in [-0.39, 0.29) is 0 Å². The topological polar surface area (TPSA) is 12.0 Å². The molecular formula is C13H23N. The van der Waals surface area contributed by atoms with E-state index in [1.54, 1.807) is 0 Å². The van der Waals surface area contributed by atoms with Crippen LogP contribution in [0.2, 0.25) is 0 Å². The molecule has 1 atom stereocenters. The largest absolute Gasteiger partial charge is 0.313 e. The summed E-state index contributed by atoms with van der Waals surface area (Å²) >= 11 is 0. The van der Waals surface area contributed by atoms with Gasteiger partial charge in [-0.15, -0.1) is 11.8 Å². The first-order valence-corrected chi connectivity index (χ1v) is 5.86. The molecule has 1 fully saturated rings. The first-order chi connectivity index (χ1) is 6.73. The van der Waals surface area contributed by atoms with Crippen molar-refractivity contribution in [2.24, 2.45) is 5.41 Å². The van der Waals surface area contributed by atoms with Crippen molar-refractivity contribution in [3.63, 3.8) is 0 Å². The number of nitrogens with one attached hydrogen (secondary N) is 1. The SMILES string of the molecule is CC#CCC(NCC)C1(C)CCCC1. The van der Waals surface area contributed by atoms with Gasteiger partial charge < -0.3 is 5.32 Å². The molecule has 1 saturated carbocycles. The van der Waals surface area contributed by atoms with Crippen LogP contribution in [0.1, 0.15) is 52.9 Å². The van der Waals surface area contributed by atoms with Gasteiger partial charge in [-0.2, -0.15) is 0 Å². The minimum absolute atomic E-state index is 0.500. The van der Waals surface area contributed by atoms with Gasteiger partial charge in [-0.1, -0.05) is 26.7 Å². The van der Waals surface area contributed by atoms with Crippen LogP contribution in [0.5, 0.6) is 0 Å². The fourth-order valence-corrected chi connectivity index (χ4v) is 2.55. The molecule has 0 bridgehead atoms. The van der Waals surface area contributed by atoms with Crippen LogP contribution in [0.25, 0.3) is 0 Å². The number of hydrogen-bond acceptors (Lipinski definition) is 1. The zero-order chi connectivity index (χ0) is 10.4. The van der Waals surface area contributed by atoms with E-state index < -0.39 is 0 Å². The average Bonchev–Trinajstić information content (AvgIpc) is 2.60. The van der Waals surface area contributed by atoms with Crippen molar-refractivity contribution in [2.75, 3.05) is 6.54 Å². The predicted molar refractivity (Wildman–Crippen MR) is 62.1 cm³/mol. The van der Waals surface area contributed by atoms with Gasteiger partial charge in [-0.25, -0.2) is 0 Å². The molecule has 1 unspecified atom stereocenters. The van der Waals surface area contributed by atoms with Crippen LogP contribution in [-0.2, 0) is 0 Å². The Bertz CT molecular complexity index is 215. The molecule has 0 aromatic rings. The summed E-state index contributed by atoms with van der Waals surface area (Å²) in [5.41, 5.74) is 0.500. The quantitative estimate of drug-likeness (QED) is 0.677. The van der Waals surface area contributed by atoms with Crippen LogP contribution >= 0.6 is 0 Å². The predicted octanol–water partition coefficient (Wildman–Crippen LogP) is 2.96. The Labute approximate surface area is 88.7 Å². The van der Waals surface area contributed by atoms with Crippen molar-refractivity contribution in [1.82, 2.24) is 5.32 Å². The van der Waals surface area contributed by atoms with Gasteiger partial charge in [-0.3, -0.25) is 0 Å². The van der Waals surface area contributed by atoms with Crippen molar-refractivity contribution in [1.29, 1.82) is 0 Å². The van der Waals surface area contributed by atoms with Gasteiger partial charge in [0.1, 0.15) is 0 Å². The van der Waals surface area contributed by atoms with Crippen molar-refractivity contribution in [2.45, 2.75) is 58.9 Å². The Kier molecular flexibility index (Phi) is 4.48. The third-order valence-electron chi connectivity index (χ3n) is 3.52. The molecule has 1 N–H and O–H groups in total. The summed E-state index contributed by atoms with van der Waals surface area (Å²) in [5.74, 6) is 6.23. The third-order valence-corrected chi connectivity index (χ3v) is 3.52. The second kappa shape index (κ2) is 5.41. The van der Waals surface area contributed by atoms with E-state index in [0.29, 0.717) is 11.5 Å². The summed E-state index contributed by atoms with van der Waals surface area (Å²) in [6.07, 6.45) is 6.56. The fraction of sp³-hybridized carbons (Fsp3) is 0.846. The van der Waals surface area contributed by atoms with Crippen molar-refractivity contribution >= 4 is 0 Å². The van der Waals surface area contributed by atoms with E-state index >= 15 is 0 Å². The van der Waals surface area contributed by atoms with Gasteiger partial charge >= 0.3 is 0 Å². The lowest BCUT2D eigenvalue weighted by atomic mass is 9.79. The fourth-order valence-electron chi connectivity index (χ4n) is 2.55. The molecule has 80 valence electrons. The van der Waals surface area contributed by atoms with Crippen LogP contribution in [-0.4, -0.2) is 12.6 Å². The van der Waals surface area contributed by atoms with Crippen molar-refractivity contribution in [3.8, 4) is 11.8 Å². The molecule has 1 nitrogen and oxygen atoms in total. The summed E-state index contributed by atoms with van der Waals surface area (Å²) in [7, 11) is 0. The highest BCUT2D eigenvalue weighted by Gasteiger charge is 2.35. The average molecular weight is 193 g/mol. The number of hydrogen-bond donors (Lipinski definition) is 1. The Balaban J connectivity index is 2.58.